The van der Waals surface area contributed by atoms with Crippen molar-refractivity contribution in [1.29, 1.82) is 0 Å². The Morgan fingerprint density at radius 1 is 1.30 bits per heavy atom. The lowest BCUT2D eigenvalue weighted by atomic mass is 9.85. The molecule has 2 N–H and O–H groups in total. The number of carboxylic acid groups (broad SMARTS) is 1. The number of carbonyl (C=O) groups is 2. The highest BCUT2D eigenvalue weighted by Gasteiger charge is 2.25. The predicted molar refractivity (Wildman–Crippen MR) is 82.2 cm³/mol. The number of benzene rings is 1. The first kappa shape index (κ1) is 15.2. The summed E-state index contributed by atoms with van der Waals surface area (Å²) in [6.45, 7) is 0.256. The number of carbonyl (C=O) groups excluding carboxylic acids is 1. The monoisotopic (exact) mass is 314 g/mol. The van der Waals surface area contributed by atoms with Crippen LogP contribution in [-0.2, 0) is 13.6 Å². The molecule has 1 saturated carbocycles. The van der Waals surface area contributed by atoms with Crippen molar-refractivity contribution in [1.82, 2.24) is 20.1 Å². The third kappa shape index (κ3) is 3.08. The van der Waals surface area contributed by atoms with Gasteiger partial charge in [-0.3, -0.25) is 4.79 Å². The van der Waals surface area contributed by atoms with Gasteiger partial charge in [0.1, 0.15) is 5.82 Å². The van der Waals surface area contributed by atoms with Gasteiger partial charge >= 0.3 is 5.97 Å². The second kappa shape index (κ2) is 6.20. The molecule has 0 radical (unpaired) electrons. The van der Waals surface area contributed by atoms with E-state index in [0.29, 0.717) is 17.3 Å². The minimum absolute atomic E-state index is 0.0866. The second-order valence-corrected chi connectivity index (χ2v) is 5.73. The zero-order valence-corrected chi connectivity index (χ0v) is 12.8. The Balaban J connectivity index is 1.66. The molecule has 0 saturated heterocycles. The van der Waals surface area contributed by atoms with Crippen LogP contribution in [0.2, 0.25) is 0 Å². The maximum absolute atomic E-state index is 12.2. The van der Waals surface area contributed by atoms with Crippen molar-refractivity contribution in [2.24, 2.45) is 7.05 Å². The summed E-state index contributed by atoms with van der Waals surface area (Å²) in [5.74, 6) is 0.742. The van der Waals surface area contributed by atoms with E-state index in [2.05, 4.69) is 15.5 Å². The van der Waals surface area contributed by atoms with Crippen LogP contribution in [-0.4, -0.2) is 31.7 Å². The zero-order chi connectivity index (χ0) is 16.4. The number of aromatic carboxylic acids is 1. The van der Waals surface area contributed by atoms with Crippen molar-refractivity contribution in [3.8, 4) is 0 Å². The first-order valence-corrected chi connectivity index (χ1v) is 7.56. The van der Waals surface area contributed by atoms with Crippen molar-refractivity contribution in [3.63, 3.8) is 0 Å². The summed E-state index contributed by atoms with van der Waals surface area (Å²) in [6, 6.07) is 5.94. The van der Waals surface area contributed by atoms with Gasteiger partial charge in [0.2, 0.25) is 0 Å². The van der Waals surface area contributed by atoms with Crippen LogP contribution in [0.15, 0.2) is 24.3 Å². The summed E-state index contributed by atoms with van der Waals surface area (Å²) >= 11 is 0. The van der Waals surface area contributed by atoms with Gasteiger partial charge in [-0.25, -0.2) is 4.79 Å². The second-order valence-electron chi connectivity index (χ2n) is 5.73. The lowest BCUT2D eigenvalue weighted by Crippen LogP contribution is -2.25. The topological polar surface area (TPSA) is 97.1 Å². The van der Waals surface area contributed by atoms with Crippen LogP contribution in [0.5, 0.6) is 0 Å². The van der Waals surface area contributed by atoms with Crippen LogP contribution >= 0.6 is 0 Å². The van der Waals surface area contributed by atoms with Gasteiger partial charge in [-0.1, -0.05) is 12.5 Å². The predicted octanol–water partition coefficient (Wildman–Crippen LogP) is 1.71. The van der Waals surface area contributed by atoms with E-state index >= 15 is 0 Å². The normalized spacial score (nSPS) is 14.3. The average molecular weight is 314 g/mol. The lowest BCUT2D eigenvalue weighted by Gasteiger charge is -2.24. The Kier molecular flexibility index (Phi) is 4.10. The number of aromatic nitrogens is 3. The Bertz CT molecular complexity index is 750. The van der Waals surface area contributed by atoms with Crippen molar-refractivity contribution in [2.45, 2.75) is 31.7 Å². The van der Waals surface area contributed by atoms with E-state index in [4.69, 9.17) is 5.11 Å². The van der Waals surface area contributed by atoms with Gasteiger partial charge < -0.3 is 15.0 Å². The molecule has 7 heteroatoms. The van der Waals surface area contributed by atoms with E-state index in [1.807, 2.05) is 11.6 Å². The van der Waals surface area contributed by atoms with Crippen LogP contribution in [0.1, 0.15) is 57.5 Å². The summed E-state index contributed by atoms with van der Waals surface area (Å²) in [7, 11) is 1.90. The fourth-order valence-electron chi connectivity index (χ4n) is 2.61. The van der Waals surface area contributed by atoms with E-state index in [-0.39, 0.29) is 18.0 Å². The largest absolute Gasteiger partial charge is 0.478 e. The van der Waals surface area contributed by atoms with Crippen molar-refractivity contribution >= 4 is 11.9 Å². The summed E-state index contributed by atoms with van der Waals surface area (Å²) in [6.07, 6.45) is 3.50. The van der Waals surface area contributed by atoms with Gasteiger partial charge in [0, 0.05) is 18.5 Å². The quantitative estimate of drug-likeness (QED) is 0.875. The maximum Gasteiger partial charge on any atom is 0.335 e. The SMILES string of the molecule is Cn1c(CNC(=O)c2cccc(C(=O)O)c2)nnc1C1CCC1. The molecule has 1 heterocycles. The molecular formula is C16H18N4O3. The minimum Gasteiger partial charge on any atom is -0.478 e. The van der Waals surface area contributed by atoms with Crippen LogP contribution in [0.4, 0.5) is 0 Å². The van der Waals surface area contributed by atoms with E-state index in [1.165, 1.54) is 18.6 Å². The van der Waals surface area contributed by atoms with Gasteiger partial charge in [-0.2, -0.15) is 0 Å². The molecule has 23 heavy (non-hydrogen) atoms. The van der Waals surface area contributed by atoms with Crippen molar-refractivity contribution in [3.05, 3.63) is 47.0 Å². The molecule has 1 aliphatic rings. The average Bonchev–Trinajstić information content (AvgIpc) is 2.84. The number of rotatable bonds is 5. The highest BCUT2D eigenvalue weighted by Crippen LogP contribution is 2.35. The van der Waals surface area contributed by atoms with Crippen LogP contribution < -0.4 is 5.32 Å². The highest BCUT2D eigenvalue weighted by atomic mass is 16.4. The molecule has 0 bridgehead atoms. The van der Waals surface area contributed by atoms with Gasteiger partial charge in [0.05, 0.1) is 12.1 Å². The van der Waals surface area contributed by atoms with E-state index in [0.717, 1.165) is 18.7 Å². The van der Waals surface area contributed by atoms with Crippen LogP contribution in [0.3, 0.4) is 0 Å². The fraction of sp³-hybridized carbons (Fsp3) is 0.375. The Labute approximate surface area is 133 Å². The molecule has 3 rings (SSSR count). The number of hydrogen-bond donors (Lipinski definition) is 2. The smallest absolute Gasteiger partial charge is 0.335 e. The lowest BCUT2D eigenvalue weighted by molar-refractivity contribution is 0.0697. The van der Waals surface area contributed by atoms with Crippen molar-refractivity contribution in [2.75, 3.05) is 0 Å². The van der Waals surface area contributed by atoms with E-state index < -0.39 is 5.97 Å². The first-order chi connectivity index (χ1) is 11.1. The third-order valence-corrected chi connectivity index (χ3v) is 4.25. The van der Waals surface area contributed by atoms with Crippen LogP contribution in [0.25, 0.3) is 0 Å². The summed E-state index contributed by atoms with van der Waals surface area (Å²) in [5.41, 5.74) is 0.398. The molecule has 1 fully saturated rings. The number of amides is 1. The maximum atomic E-state index is 12.2. The fourth-order valence-corrected chi connectivity index (χ4v) is 2.61. The number of hydrogen-bond acceptors (Lipinski definition) is 4. The van der Waals surface area contributed by atoms with E-state index in [1.54, 1.807) is 12.1 Å². The number of nitrogens with zero attached hydrogens (tertiary/aromatic N) is 3. The molecule has 0 unspecified atom stereocenters. The Morgan fingerprint density at radius 2 is 2.04 bits per heavy atom. The van der Waals surface area contributed by atoms with Gasteiger partial charge in [0.25, 0.3) is 5.91 Å². The van der Waals surface area contributed by atoms with Crippen LogP contribution in [0, 0.1) is 0 Å². The summed E-state index contributed by atoms with van der Waals surface area (Å²) < 4.78 is 1.93. The molecule has 0 spiro atoms. The molecular weight excluding hydrogens is 296 g/mol. The van der Waals surface area contributed by atoms with E-state index in [9.17, 15) is 9.59 Å². The molecule has 120 valence electrons. The highest BCUT2D eigenvalue weighted by molar-refractivity contribution is 5.97. The van der Waals surface area contributed by atoms with Gasteiger partial charge in [0.15, 0.2) is 5.82 Å². The molecule has 1 aromatic heterocycles. The third-order valence-electron chi connectivity index (χ3n) is 4.25. The first-order valence-electron chi connectivity index (χ1n) is 7.56. The van der Waals surface area contributed by atoms with Gasteiger partial charge in [-0.05, 0) is 31.0 Å². The summed E-state index contributed by atoms with van der Waals surface area (Å²) in [5, 5.41) is 20.1. The zero-order valence-electron chi connectivity index (χ0n) is 12.8. The molecule has 1 aromatic carbocycles. The molecule has 7 nitrogen and oxygen atoms in total. The molecule has 0 aliphatic heterocycles. The number of nitrogens with one attached hydrogen (secondary N) is 1. The molecule has 1 amide bonds. The Hall–Kier alpha value is -2.70. The molecule has 1 aliphatic carbocycles. The standard InChI is InChI=1S/C16H18N4O3/c1-20-13(18-19-14(20)10-4-2-5-10)9-17-15(21)11-6-3-7-12(8-11)16(22)23/h3,6-8,10H,2,4-5,9H2,1H3,(H,17,21)(H,22,23). The van der Waals surface area contributed by atoms with Crippen molar-refractivity contribution < 1.29 is 14.7 Å². The Morgan fingerprint density at radius 3 is 2.70 bits per heavy atom. The minimum atomic E-state index is -1.06. The number of carboxylic acids is 1. The molecule has 2 aromatic rings. The summed E-state index contributed by atoms with van der Waals surface area (Å²) in [4.78, 5) is 23.1. The van der Waals surface area contributed by atoms with Gasteiger partial charge in [-0.15, -0.1) is 10.2 Å². The molecule has 0 atom stereocenters.